The molecule has 1 aliphatic rings. The van der Waals surface area contributed by atoms with E-state index in [9.17, 15) is 14.7 Å². The monoisotopic (exact) mass is 675 g/mol. The number of benzene rings is 2. The van der Waals surface area contributed by atoms with Crippen LogP contribution in [0.1, 0.15) is 38.3 Å². The number of halogens is 3. The summed E-state index contributed by atoms with van der Waals surface area (Å²) in [4.78, 5) is 28.8. The van der Waals surface area contributed by atoms with Crippen molar-refractivity contribution in [1.82, 2.24) is 0 Å². The maximum Gasteiger partial charge on any atom is 0.344 e. The average molecular weight is 676 g/mol. The van der Waals surface area contributed by atoms with E-state index in [0.717, 1.165) is 20.9 Å². The first-order valence-corrected chi connectivity index (χ1v) is 14.0. The van der Waals surface area contributed by atoms with Crippen molar-refractivity contribution in [3.63, 3.8) is 0 Å². The molecule has 3 rings (SSSR count). The van der Waals surface area contributed by atoms with Crippen LogP contribution >= 0.6 is 57.6 Å². The number of rotatable bonds is 9. The Balaban J connectivity index is 1.97. The number of aliphatic imine (C=N–C) groups is 1. The van der Waals surface area contributed by atoms with E-state index in [2.05, 4.69) is 27.6 Å². The Hall–Kier alpha value is -2.21. The molecule has 2 aromatic rings. The smallest absolute Gasteiger partial charge is 0.344 e. The molecule has 1 N–H and O–H groups in total. The van der Waals surface area contributed by atoms with Gasteiger partial charge < -0.3 is 19.3 Å². The van der Waals surface area contributed by atoms with Crippen molar-refractivity contribution in [1.29, 1.82) is 0 Å². The normalized spacial score (nSPS) is 15.4. The molecule has 7 nitrogen and oxygen atoms in total. The van der Waals surface area contributed by atoms with Gasteiger partial charge in [-0.1, -0.05) is 48.0 Å². The molecule has 1 amide bonds. The fourth-order valence-electron chi connectivity index (χ4n) is 3.20. The largest absolute Gasteiger partial charge is 0.506 e. The fourth-order valence-corrected chi connectivity index (χ4v) is 5.47. The van der Waals surface area contributed by atoms with Crippen LogP contribution in [0.2, 0.25) is 10.0 Å². The third-order valence-corrected chi connectivity index (χ3v) is 7.32. The Morgan fingerprint density at radius 3 is 2.51 bits per heavy atom. The number of aliphatic hydroxyl groups is 1. The number of ether oxygens (including phenoxy) is 3. The lowest BCUT2D eigenvalue weighted by molar-refractivity contribution is -0.138. The van der Waals surface area contributed by atoms with Gasteiger partial charge in [0, 0.05) is 22.0 Å². The molecule has 37 heavy (non-hydrogen) atoms. The second-order valence-corrected chi connectivity index (χ2v) is 10.5. The van der Waals surface area contributed by atoms with E-state index >= 15 is 0 Å². The van der Waals surface area contributed by atoms with Crippen molar-refractivity contribution in [2.45, 2.75) is 33.8 Å². The summed E-state index contributed by atoms with van der Waals surface area (Å²) in [5, 5.41) is 12.0. The summed E-state index contributed by atoms with van der Waals surface area (Å²) in [6.07, 6.45) is 1.85. The highest BCUT2D eigenvalue weighted by atomic mass is 127. The van der Waals surface area contributed by atoms with Crippen molar-refractivity contribution < 1.29 is 28.9 Å². The summed E-state index contributed by atoms with van der Waals surface area (Å²) in [5.74, 6) is -0.408. The summed E-state index contributed by atoms with van der Waals surface area (Å²) < 4.78 is 17.7. The van der Waals surface area contributed by atoms with Crippen molar-refractivity contribution in [2.24, 2.45) is 4.99 Å². The molecule has 0 atom stereocenters. The highest BCUT2D eigenvalue weighted by Crippen LogP contribution is 2.41. The zero-order valence-electron chi connectivity index (χ0n) is 20.3. The van der Waals surface area contributed by atoms with E-state index in [0.29, 0.717) is 38.6 Å². The SMILES string of the molecule is CCOC(=O)C1=C(O)/C(=C/c2cc(I)c(OCc3ccc(Cl)cc3Cl)c(OCC)c2)SC1=NC(=O)CC. The van der Waals surface area contributed by atoms with E-state index in [1.165, 1.54) is 0 Å². The number of nitrogens with zero attached hydrogens (tertiary/aromatic N) is 1. The third-order valence-electron chi connectivity index (χ3n) is 4.92. The Bertz CT molecular complexity index is 1310. The molecule has 0 aromatic heterocycles. The Labute approximate surface area is 243 Å². The Morgan fingerprint density at radius 2 is 1.86 bits per heavy atom. The number of thioether (sulfide) groups is 1. The van der Waals surface area contributed by atoms with E-state index in [1.54, 1.807) is 44.2 Å². The fraction of sp³-hybridized carbons (Fsp3) is 0.269. The van der Waals surface area contributed by atoms with Crippen LogP contribution in [0.25, 0.3) is 6.08 Å². The summed E-state index contributed by atoms with van der Waals surface area (Å²) in [7, 11) is 0. The lowest BCUT2D eigenvalue weighted by atomic mass is 10.1. The molecule has 2 aromatic carbocycles. The van der Waals surface area contributed by atoms with Crippen LogP contribution in [0.15, 0.2) is 51.6 Å². The summed E-state index contributed by atoms with van der Waals surface area (Å²) in [5.41, 5.74) is 1.33. The predicted molar refractivity (Wildman–Crippen MR) is 156 cm³/mol. The molecule has 0 saturated carbocycles. The van der Waals surface area contributed by atoms with Crippen LogP contribution < -0.4 is 9.47 Å². The molecule has 1 aliphatic heterocycles. The minimum absolute atomic E-state index is 0.105. The third kappa shape index (κ3) is 7.43. The zero-order valence-corrected chi connectivity index (χ0v) is 24.8. The van der Waals surface area contributed by atoms with Gasteiger partial charge in [0.1, 0.15) is 23.0 Å². The second kappa shape index (κ2) is 13.5. The molecule has 0 unspecified atom stereocenters. The second-order valence-electron chi connectivity index (χ2n) is 7.51. The molecule has 0 spiro atoms. The van der Waals surface area contributed by atoms with E-state index in [4.69, 9.17) is 37.4 Å². The number of carbonyl (C=O) groups is 2. The maximum atomic E-state index is 12.5. The van der Waals surface area contributed by atoms with Crippen LogP contribution in [0.3, 0.4) is 0 Å². The van der Waals surface area contributed by atoms with Gasteiger partial charge in [-0.2, -0.15) is 0 Å². The summed E-state index contributed by atoms with van der Waals surface area (Å²) >= 11 is 15.4. The van der Waals surface area contributed by atoms with Crippen LogP contribution in [0, 0.1) is 3.57 Å². The molecular weight excluding hydrogens is 652 g/mol. The van der Waals surface area contributed by atoms with Gasteiger partial charge in [0.05, 0.1) is 21.7 Å². The molecule has 0 bridgehead atoms. The number of carbonyl (C=O) groups excluding carboxylic acids is 2. The lowest BCUT2D eigenvalue weighted by Crippen LogP contribution is -2.14. The first-order valence-electron chi connectivity index (χ1n) is 11.3. The van der Waals surface area contributed by atoms with Crippen molar-refractivity contribution >= 4 is 80.6 Å². The Morgan fingerprint density at radius 1 is 1.11 bits per heavy atom. The van der Waals surface area contributed by atoms with Crippen LogP contribution in [-0.4, -0.2) is 35.2 Å². The molecule has 0 fully saturated rings. The number of esters is 1. The van der Waals surface area contributed by atoms with Crippen LogP contribution in [0.5, 0.6) is 11.5 Å². The number of aliphatic hydroxyl groups excluding tert-OH is 1. The quantitative estimate of drug-likeness (QED) is 0.219. The number of hydrogen-bond donors (Lipinski definition) is 1. The van der Waals surface area contributed by atoms with Crippen molar-refractivity contribution in [2.75, 3.05) is 13.2 Å². The van der Waals surface area contributed by atoms with Gasteiger partial charge in [-0.15, -0.1) is 0 Å². The first-order chi connectivity index (χ1) is 17.7. The van der Waals surface area contributed by atoms with E-state index in [1.807, 2.05) is 13.0 Å². The molecule has 0 radical (unpaired) electrons. The number of hydrogen-bond acceptors (Lipinski definition) is 7. The minimum atomic E-state index is -0.743. The predicted octanol–water partition coefficient (Wildman–Crippen LogP) is 7.37. The highest BCUT2D eigenvalue weighted by molar-refractivity contribution is 14.1. The van der Waals surface area contributed by atoms with Gasteiger partial charge in [0.15, 0.2) is 11.5 Å². The van der Waals surface area contributed by atoms with Crippen LogP contribution in [-0.2, 0) is 20.9 Å². The van der Waals surface area contributed by atoms with Gasteiger partial charge in [0.25, 0.3) is 0 Å². The first kappa shape index (κ1) is 29.3. The zero-order chi connectivity index (χ0) is 27.1. The van der Waals surface area contributed by atoms with Gasteiger partial charge >= 0.3 is 5.97 Å². The van der Waals surface area contributed by atoms with Crippen molar-refractivity contribution in [3.8, 4) is 11.5 Å². The maximum absolute atomic E-state index is 12.5. The van der Waals surface area contributed by atoms with Crippen LogP contribution in [0.4, 0.5) is 0 Å². The topological polar surface area (TPSA) is 94.4 Å². The van der Waals surface area contributed by atoms with Gasteiger partial charge in [-0.3, -0.25) is 4.79 Å². The van der Waals surface area contributed by atoms with Gasteiger partial charge in [-0.05, 0) is 72.3 Å². The minimum Gasteiger partial charge on any atom is -0.506 e. The average Bonchev–Trinajstić information content (AvgIpc) is 3.14. The van der Waals surface area contributed by atoms with Gasteiger partial charge in [0.2, 0.25) is 5.91 Å². The molecule has 0 aliphatic carbocycles. The molecule has 1 heterocycles. The molecule has 11 heteroatoms. The van der Waals surface area contributed by atoms with Gasteiger partial charge in [-0.25, -0.2) is 9.79 Å². The number of amides is 1. The standard InChI is InChI=1S/C26H24Cl2INO6S/c1-4-21(31)30-25-22(26(33)35-6-3)23(32)20(37-25)11-14-9-18(29)24(19(10-14)34-5-2)36-13-15-7-8-16(27)12-17(15)28/h7-12,32H,4-6,13H2,1-3H3/b20-11-,30-25?. The molecular formula is C26H24Cl2INO6S. The molecule has 0 saturated heterocycles. The van der Waals surface area contributed by atoms with E-state index in [-0.39, 0.29) is 36.0 Å². The molecule has 196 valence electrons. The van der Waals surface area contributed by atoms with E-state index < -0.39 is 11.9 Å². The summed E-state index contributed by atoms with van der Waals surface area (Å²) in [6, 6.07) is 8.81. The summed E-state index contributed by atoms with van der Waals surface area (Å²) in [6.45, 7) is 5.91. The highest BCUT2D eigenvalue weighted by Gasteiger charge is 2.33. The van der Waals surface area contributed by atoms with Crippen molar-refractivity contribution in [3.05, 3.63) is 71.3 Å². The Kier molecular flexibility index (Phi) is 10.7. The lowest BCUT2D eigenvalue weighted by Gasteiger charge is -2.15.